The molecule has 0 aromatic carbocycles. The maximum atomic E-state index is 14.7. The van der Waals surface area contributed by atoms with Crippen LogP contribution >= 0.6 is 0 Å². The van der Waals surface area contributed by atoms with Crippen LogP contribution in [0, 0.1) is 40.4 Å². The molecular formula is C37H58N6O7. The molecule has 0 spiro atoms. The summed E-state index contributed by atoms with van der Waals surface area (Å²) in [6.07, 6.45) is 10.7. The molecule has 50 heavy (non-hydrogen) atoms. The first-order valence-electron chi connectivity index (χ1n) is 17.9. The van der Waals surface area contributed by atoms with Crippen molar-refractivity contribution in [3.05, 3.63) is 12.7 Å². The summed E-state index contributed by atoms with van der Waals surface area (Å²) >= 11 is 0. The zero-order valence-electron chi connectivity index (χ0n) is 30.9. The van der Waals surface area contributed by atoms with Crippen LogP contribution in [0.25, 0.3) is 0 Å². The van der Waals surface area contributed by atoms with Crippen molar-refractivity contribution < 1.29 is 33.5 Å². The molecule has 5 N–H and O–H groups in total. The van der Waals surface area contributed by atoms with Crippen LogP contribution in [0.3, 0.4) is 0 Å². The monoisotopic (exact) mass is 698 g/mol. The zero-order chi connectivity index (χ0) is 37.4. The molecule has 13 heteroatoms. The Balaban J connectivity index is 1.89. The topological polar surface area (TPSA) is 175 Å². The Morgan fingerprint density at radius 3 is 2.26 bits per heavy atom. The van der Waals surface area contributed by atoms with E-state index < -0.39 is 64.7 Å². The number of carbonyl (C=O) groups is 6. The second kappa shape index (κ2) is 16.8. The van der Waals surface area contributed by atoms with E-state index in [1.807, 2.05) is 27.7 Å². The van der Waals surface area contributed by atoms with Crippen molar-refractivity contribution in [2.75, 3.05) is 26.2 Å². The number of amides is 6. The number of piperidine rings is 1. The SMILES string of the molecule is C#CCCC(NC(=O)C1[C@@H]2[C@H](CN1C(=O)C(NC(=O)N[C@H](COC(=O)NCC)C(C)(C)C)C1(C)CCCCC1)C2(C)C)C(=O)C(=O)NCC=C. The highest BCUT2D eigenvalue weighted by atomic mass is 16.5. The number of terminal acetylenes is 1. The third-order valence-corrected chi connectivity index (χ3v) is 10.9. The number of Topliss-reactive ketones (excluding diaryl/α,β-unsaturated/α-hetero) is 1. The number of carbonyl (C=O) groups excluding carboxylic acids is 6. The van der Waals surface area contributed by atoms with E-state index in [-0.39, 0.29) is 49.2 Å². The number of hydrogen-bond donors (Lipinski definition) is 5. The van der Waals surface area contributed by atoms with Crippen LogP contribution in [0.1, 0.15) is 93.4 Å². The van der Waals surface area contributed by atoms with Crippen LogP contribution in [0.5, 0.6) is 0 Å². The van der Waals surface area contributed by atoms with E-state index in [0.29, 0.717) is 25.9 Å². The number of hydrogen-bond acceptors (Lipinski definition) is 7. The molecule has 3 fully saturated rings. The standard InChI is InChI=1S/C37H58N6O7/c1-10-13-17-24(28(44)31(46)39-20-11-2)40-30(45)27-26-23(36(26,7)8)21-43(27)32(47)29(37(9)18-15-14-16-19-37)42-33(48)41-25(35(4,5)6)22-50-34(49)38-12-3/h1,11,23-27,29H,2,12-22H2,3-9H3,(H,38,49)(H,39,46)(H,40,45)(H2,41,42,48)/t23-,24?,25+,26-,27?,29?/m0/s1. The molecule has 278 valence electrons. The number of ketones is 1. The van der Waals surface area contributed by atoms with Crippen LogP contribution in [0.4, 0.5) is 9.59 Å². The minimum absolute atomic E-state index is 0.0447. The fourth-order valence-electron chi connectivity index (χ4n) is 7.52. The molecule has 13 nitrogen and oxygen atoms in total. The Bertz CT molecular complexity index is 1340. The van der Waals surface area contributed by atoms with Crippen LogP contribution in [-0.4, -0.2) is 90.9 Å². The second-order valence-electron chi connectivity index (χ2n) is 15.9. The van der Waals surface area contributed by atoms with Crippen LogP contribution in [-0.2, 0) is 23.9 Å². The van der Waals surface area contributed by atoms with E-state index in [1.54, 1.807) is 11.8 Å². The molecule has 3 rings (SSSR count). The summed E-state index contributed by atoms with van der Waals surface area (Å²) in [6.45, 7) is 17.9. The lowest BCUT2D eigenvalue weighted by Crippen LogP contribution is -2.63. The number of ether oxygens (including phenoxy) is 1. The Morgan fingerprint density at radius 2 is 1.68 bits per heavy atom. The third-order valence-electron chi connectivity index (χ3n) is 10.9. The first-order valence-corrected chi connectivity index (χ1v) is 17.9. The molecule has 0 aromatic rings. The molecule has 1 heterocycles. The van der Waals surface area contributed by atoms with Crippen LogP contribution in [0.2, 0.25) is 0 Å². The Hall–Kier alpha value is -4.08. The second-order valence-corrected chi connectivity index (χ2v) is 15.9. The van der Waals surface area contributed by atoms with Gasteiger partial charge in [-0.25, -0.2) is 9.59 Å². The zero-order valence-corrected chi connectivity index (χ0v) is 30.9. The highest BCUT2D eigenvalue weighted by Gasteiger charge is 2.70. The van der Waals surface area contributed by atoms with Gasteiger partial charge in [-0.1, -0.05) is 66.9 Å². The summed E-state index contributed by atoms with van der Waals surface area (Å²) in [5, 5.41) is 13.7. The predicted octanol–water partition coefficient (Wildman–Crippen LogP) is 3.04. The maximum absolute atomic E-state index is 14.7. The average Bonchev–Trinajstić information content (AvgIpc) is 3.36. The molecular weight excluding hydrogens is 640 g/mol. The summed E-state index contributed by atoms with van der Waals surface area (Å²) in [4.78, 5) is 81.8. The minimum Gasteiger partial charge on any atom is -0.447 e. The fourth-order valence-corrected chi connectivity index (χ4v) is 7.52. The molecule has 1 saturated heterocycles. The summed E-state index contributed by atoms with van der Waals surface area (Å²) < 4.78 is 5.35. The molecule has 2 saturated carbocycles. The molecule has 0 radical (unpaired) electrons. The van der Waals surface area contributed by atoms with Crippen molar-refractivity contribution >= 4 is 35.6 Å². The smallest absolute Gasteiger partial charge is 0.407 e. The summed E-state index contributed by atoms with van der Waals surface area (Å²) in [6, 6.07) is -4.18. The minimum atomic E-state index is -1.17. The highest BCUT2D eigenvalue weighted by molar-refractivity contribution is 6.38. The van der Waals surface area contributed by atoms with Gasteiger partial charge in [0, 0.05) is 26.1 Å². The number of rotatable bonds is 15. The summed E-state index contributed by atoms with van der Waals surface area (Å²) in [7, 11) is 0. The van der Waals surface area contributed by atoms with E-state index in [4.69, 9.17) is 11.2 Å². The van der Waals surface area contributed by atoms with E-state index >= 15 is 0 Å². The van der Waals surface area contributed by atoms with Crippen molar-refractivity contribution in [3.63, 3.8) is 0 Å². The van der Waals surface area contributed by atoms with Crippen molar-refractivity contribution in [2.45, 2.75) is 118 Å². The van der Waals surface area contributed by atoms with Crippen molar-refractivity contribution in [1.82, 2.24) is 31.5 Å². The van der Waals surface area contributed by atoms with E-state index in [9.17, 15) is 28.8 Å². The average molecular weight is 699 g/mol. The number of nitrogens with zero attached hydrogens (tertiary/aromatic N) is 1. The maximum Gasteiger partial charge on any atom is 0.407 e. The molecule has 3 aliphatic rings. The van der Waals surface area contributed by atoms with E-state index in [2.05, 4.69) is 52.9 Å². The molecule has 0 aromatic heterocycles. The van der Waals surface area contributed by atoms with Gasteiger partial charge in [0.15, 0.2) is 0 Å². The molecule has 6 atom stereocenters. The summed E-state index contributed by atoms with van der Waals surface area (Å²) in [5.74, 6) is -0.250. The molecule has 6 amide bonds. The number of fused-ring (bicyclic) bond motifs is 1. The number of likely N-dealkylation sites (tertiary alicyclic amines) is 1. The van der Waals surface area contributed by atoms with Crippen molar-refractivity contribution in [2.24, 2.45) is 28.1 Å². The lowest BCUT2D eigenvalue weighted by atomic mass is 9.70. The van der Waals surface area contributed by atoms with Crippen molar-refractivity contribution in [3.8, 4) is 12.3 Å². The van der Waals surface area contributed by atoms with Crippen molar-refractivity contribution in [1.29, 1.82) is 0 Å². The van der Waals surface area contributed by atoms with E-state index in [1.165, 1.54) is 6.08 Å². The molecule has 2 aliphatic carbocycles. The van der Waals surface area contributed by atoms with Gasteiger partial charge in [0.1, 0.15) is 18.7 Å². The van der Waals surface area contributed by atoms with Crippen LogP contribution < -0.4 is 26.6 Å². The van der Waals surface area contributed by atoms with Gasteiger partial charge >= 0.3 is 12.1 Å². The van der Waals surface area contributed by atoms with Gasteiger partial charge in [-0.3, -0.25) is 19.2 Å². The normalized spacial score (nSPS) is 23.4. The first kappa shape index (κ1) is 40.4. The molecule has 3 unspecified atom stereocenters. The predicted molar refractivity (Wildman–Crippen MR) is 189 cm³/mol. The Labute approximate surface area is 297 Å². The number of alkyl carbamates (subject to hydrolysis) is 1. The van der Waals surface area contributed by atoms with Gasteiger partial charge in [-0.15, -0.1) is 18.9 Å². The van der Waals surface area contributed by atoms with Gasteiger partial charge in [-0.05, 0) is 54.3 Å². The van der Waals surface area contributed by atoms with Gasteiger partial charge < -0.3 is 36.2 Å². The first-order chi connectivity index (χ1) is 23.4. The van der Waals surface area contributed by atoms with Gasteiger partial charge in [0.2, 0.25) is 17.6 Å². The Kier molecular flexibility index (Phi) is 13.5. The largest absolute Gasteiger partial charge is 0.447 e. The van der Waals surface area contributed by atoms with Gasteiger partial charge in [0.25, 0.3) is 5.91 Å². The quantitative estimate of drug-likeness (QED) is 0.0993. The molecule has 0 bridgehead atoms. The van der Waals surface area contributed by atoms with Gasteiger partial charge in [-0.2, -0.15) is 0 Å². The summed E-state index contributed by atoms with van der Waals surface area (Å²) in [5.41, 5.74) is -1.30. The number of nitrogens with one attached hydrogen (secondary N) is 5. The van der Waals surface area contributed by atoms with Crippen LogP contribution in [0.15, 0.2) is 12.7 Å². The lowest BCUT2D eigenvalue weighted by Gasteiger charge is -2.43. The van der Waals surface area contributed by atoms with Gasteiger partial charge in [0.05, 0.1) is 12.1 Å². The van der Waals surface area contributed by atoms with E-state index in [0.717, 1.165) is 19.3 Å². The lowest BCUT2D eigenvalue weighted by molar-refractivity contribution is -0.146. The number of urea groups is 1. The third kappa shape index (κ3) is 9.58. The Morgan fingerprint density at radius 1 is 1.02 bits per heavy atom. The fraction of sp³-hybridized carbons (Fsp3) is 0.730. The highest BCUT2D eigenvalue weighted by Crippen LogP contribution is 2.65. The molecule has 1 aliphatic heterocycles.